The van der Waals surface area contributed by atoms with Crippen LogP contribution < -0.4 is 5.73 Å². The van der Waals surface area contributed by atoms with Gasteiger partial charge in [-0.15, -0.1) is 0 Å². The van der Waals surface area contributed by atoms with Crippen LogP contribution in [0.2, 0.25) is 0 Å². The SMILES string of the molecule is CC(C)C(CN)C1(O)CCCC1. The van der Waals surface area contributed by atoms with Crippen LogP contribution in [0, 0.1) is 11.8 Å². The lowest BCUT2D eigenvalue weighted by Gasteiger charge is -2.34. The third kappa shape index (κ3) is 1.80. The van der Waals surface area contributed by atoms with Gasteiger partial charge in [-0.3, -0.25) is 0 Å². The second-order valence-electron chi connectivity index (χ2n) is 4.40. The summed E-state index contributed by atoms with van der Waals surface area (Å²) in [5, 5.41) is 10.2. The van der Waals surface area contributed by atoms with Gasteiger partial charge in [0.1, 0.15) is 0 Å². The Hall–Kier alpha value is -0.0800. The van der Waals surface area contributed by atoms with Gasteiger partial charge in [-0.1, -0.05) is 26.7 Å². The summed E-state index contributed by atoms with van der Waals surface area (Å²) in [7, 11) is 0. The molecule has 2 heteroatoms. The lowest BCUT2D eigenvalue weighted by molar-refractivity contribution is -0.0269. The lowest BCUT2D eigenvalue weighted by atomic mass is 9.78. The topological polar surface area (TPSA) is 46.2 Å². The Kier molecular flexibility index (Phi) is 3.13. The molecule has 2 nitrogen and oxygen atoms in total. The number of rotatable bonds is 3. The van der Waals surface area contributed by atoms with Crippen LogP contribution in [-0.4, -0.2) is 17.3 Å². The zero-order chi connectivity index (χ0) is 9.19. The number of hydrogen-bond acceptors (Lipinski definition) is 2. The second-order valence-corrected chi connectivity index (χ2v) is 4.40. The van der Waals surface area contributed by atoms with Crippen molar-refractivity contribution in [2.45, 2.75) is 45.1 Å². The van der Waals surface area contributed by atoms with E-state index in [9.17, 15) is 5.11 Å². The maximum Gasteiger partial charge on any atom is 0.0690 e. The van der Waals surface area contributed by atoms with E-state index in [1.54, 1.807) is 0 Å². The van der Waals surface area contributed by atoms with Gasteiger partial charge < -0.3 is 10.8 Å². The van der Waals surface area contributed by atoms with Gasteiger partial charge in [-0.2, -0.15) is 0 Å². The average molecular weight is 171 g/mol. The summed E-state index contributed by atoms with van der Waals surface area (Å²) in [5.41, 5.74) is 5.24. The molecule has 72 valence electrons. The molecule has 1 unspecified atom stereocenters. The maximum atomic E-state index is 10.2. The van der Waals surface area contributed by atoms with Crippen LogP contribution in [0.3, 0.4) is 0 Å². The van der Waals surface area contributed by atoms with E-state index in [-0.39, 0.29) is 0 Å². The summed E-state index contributed by atoms with van der Waals surface area (Å²) in [6.07, 6.45) is 4.24. The first kappa shape index (κ1) is 10.0. The molecular weight excluding hydrogens is 150 g/mol. The van der Waals surface area contributed by atoms with E-state index in [0.717, 1.165) is 12.8 Å². The molecule has 0 heterocycles. The summed E-state index contributed by atoms with van der Waals surface area (Å²) in [5.74, 6) is 0.790. The van der Waals surface area contributed by atoms with Crippen LogP contribution in [0.25, 0.3) is 0 Å². The molecule has 3 N–H and O–H groups in total. The largest absolute Gasteiger partial charge is 0.390 e. The Morgan fingerprint density at radius 2 is 1.83 bits per heavy atom. The van der Waals surface area contributed by atoms with E-state index in [1.165, 1.54) is 12.8 Å². The first-order valence-electron chi connectivity index (χ1n) is 5.02. The number of hydrogen-bond donors (Lipinski definition) is 2. The smallest absolute Gasteiger partial charge is 0.0690 e. The minimum Gasteiger partial charge on any atom is -0.390 e. The molecule has 1 atom stereocenters. The Bertz CT molecular complexity index is 139. The number of aliphatic hydroxyl groups is 1. The van der Waals surface area contributed by atoms with Gasteiger partial charge in [0.25, 0.3) is 0 Å². The molecule has 0 radical (unpaired) electrons. The van der Waals surface area contributed by atoms with Gasteiger partial charge in [0, 0.05) is 5.92 Å². The standard InChI is InChI=1S/C10H21NO/c1-8(2)9(7-11)10(12)5-3-4-6-10/h8-9,12H,3-7,11H2,1-2H3. The third-order valence-electron chi connectivity index (χ3n) is 3.22. The van der Waals surface area contributed by atoms with Crippen molar-refractivity contribution < 1.29 is 5.11 Å². The van der Waals surface area contributed by atoms with Gasteiger partial charge in [0.15, 0.2) is 0 Å². The monoisotopic (exact) mass is 171 g/mol. The molecule has 0 saturated heterocycles. The molecule has 0 bridgehead atoms. The highest BCUT2D eigenvalue weighted by atomic mass is 16.3. The summed E-state index contributed by atoms with van der Waals surface area (Å²) < 4.78 is 0. The highest BCUT2D eigenvalue weighted by Gasteiger charge is 2.39. The van der Waals surface area contributed by atoms with E-state index in [2.05, 4.69) is 13.8 Å². The molecule has 1 aliphatic rings. The Labute approximate surface area is 75.2 Å². The van der Waals surface area contributed by atoms with Gasteiger partial charge in [-0.05, 0) is 25.3 Å². The minimum atomic E-state index is -0.442. The predicted molar refractivity (Wildman–Crippen MR) is 50.8 cm³/mol. The maximum absolute atomic E-state index is 10.2. The molecule has 1 rings (SSSR count). The fourth-order valence-electron chi connectivity index (χ4n) is 2.47. The summed E-state index contributed by atoms with van der Waals surface area (Å²) in [6.45, 7) is 4.91. The quantitative estimate of drug-likeness (QED) is 0.676. The van der Waals surface area contributed by atoms with Crippen molar-refractivity contribution in [3.63, 3.8) is 0 Å². The van der Waals surface area contributed by atoms with Crippen molar-refractivity contribution in [2.75, 3.05) is 6.54 Å². The van der Waals surface area contributed by atoms with E-state index in [4.69, 9.17) is 5.73 Å². The van der Waals surface area contributed by atoms with Gasteiger partial charge >= 0.3 is 0 Å². The molecule has 1 fully saturated rings. The van der Waals surface area contributed by atoms with Crippen LogP contribution in [-0.2, 0) is 0 Å². The summed E-state index contributed by atoms with van der Waals surface area (Å²) in [4.78, 5) is 0. The van der Waals surface area contributed by atoms with Crippen molar-refractivity contribution in [1.29, 1.82) is 0 Å². The van der Waals surface area contributed by atoms with Gasteiger partial charge in [-0.25, -0.2) is 0 Å². The van der Waals surface area contributed by atoms with Crippen LogP contribution in [0.5, 0.6) is 0 Å². The molecular formula is C10H21NO. The predicted octanol–water partition coefficient (Wildman–Crippen LogP) is 1.52. The van der Waals surface area contributed by atoms with Crippen molar-refractivity contribution in [3.8, 4) is 0 Å². The molecule has 1 saturated carbocycles. The Balaban J connectivity index is 2.62. The Morgan fingerprint density at radius 3 is 2.17 bits per heavy atom. The molecule has 0 aromatic carbocycles. The van der Waals surface area contributed by atoms with Gasteiger partial charge in [0.05, 0.1) is 5.60 Å². The summed E-state index contributed by atoms with van der Waals surface area (Å²) >= 11 is 0. The molecule has 0 amide bonds. The zero-order valence-electron chi connectivity index (χ0n) is 8.21. The zero-order valence-corrected chi connectivity index (χ0v) is 8.21. The third-order valence-corrected chi connectivity index (χ3v) is 3.22. The highest BCUT2D eigenvalue weighted by molar-refractivity contribution is 4.92. The first-order valence-corrected chi connectivity index (χ1v) is 5.02. The fraction of sp³-hybridized carbons (Fsp3) is 1.00. The van der Waals surface area contributed by atoms with E-state index < -0.39 is 5.60 Å². The highest BCUT2D eigenvalue weighted by Crippen LogP contribution is 2.38. The van der Waals surface area contributed by atoms with Crippen molar-refractivity contribution >= 4 is 0 Å². The average Bonchev–Trinajstić information content (AvgIpc) is 2.37. The van der Waals surface area contributed by atoms with Crippen LogP contribution in [0.15, 0.2) is 0 Å². The lowest BCUT2D eigenvalue weighted by Crippen LogP contribution is -2.42. The van der Waals surface area contributed by atoms with Crippen LogP contribution in [0.1, 0.15) is 39.5 Å². The van der Waals surface area contributed by atoms with E-state index in [0.29, 0.717) is 18.4 Å². The second kappa shape index (κ2) is 3.75. The molecule has 0 aromatic rings. The number of nitrogens with two attached hydrogens (primary N) is 1. The first-order chi connectivity index (χ1) is 5.60. The molecule has 1 aliphatic carbocycles. The van der Waals surface area contributed by atoms with Crippen LogP contribution in [0.4, 0.5) is 0 Å². The normalized spacial score (nSPS) is 24.8. The van der Waals surface area contributed by atoms with E-state index in [1.807, 2.05) is 0 Å². The van der Waals surface area contributed by atoms with Crippen LogP contribution >= 0.6 is 0 Å². The van der Waals surface area contributed by atoms with Crippen molar-refractivity contribution in [2.24, 2.45) is 17.6 Å². The molecule has 0 aliphatic heterocycles. The molecule has 0 aromatic heterocycles. The van der Waals surface area contributed by atoms with Gasteiger partial charge in [0.2, 0.25) is 0 Å². The van der Waals surface area contributed by atoms with Crippen molar-refractivity contribution in [1.82, 2.24) is 0 Å². The molecule has 0 spiro atoms. The molecule has 12 heavy (non-hydrogen) atoms. The van der Waals surface area contributed by atoms with E-state index >= 15 is 0 Å². The minimum absolute atomic E-state index is 0.292. The Morgan fingerprint density at radius 1 is 1.33 bits per heavy atom. The fourth-order valence-corrected chi connectivity index (χ4v) is 2.47. The summed E-state index contributed by atoms with van der Waals surface area (Å²) in [6, 6.07) is 0. The van der Waals surface area contributed by atoms with Crippen molar-refractivity contribution in [3.05, 3.63) is 0 Å².